The maximum absolute atomic E-state index is 12.6. The van der Waals surface area contributed by atoms with Crippen molar-refractivity contribution in [1.82, 2.24) is 10.2 Å². The van der Waals surface area contributed by atoms with Crippen molar-refractivity contribution in [2.24, 2.45) is 5.92 Å². The van der Waals surface area contributed by atoms with Gasteiger partial charge < -0.3 is 20.1 Å². The molecule has 1 unspecified atom stereocenters. The third-order valence-corrected chi connectivity index (χ3v) is 6.18. The van der Waals surface area contributed by atoms with Crippen LogP contribution >= 0.6 is 0 Å². The molecule has 0 aromatic heterocycles. The quantitative estimate of drug-likeness (QED) is 0.652. The van der Waals surface area contributed by atoms with E-state index < -0.39 is 24.1 Å². The SMILES string of the molecule is CC(C)C(CC(=O)N(C)[C@@H](C)C(=O)O)NC(=O)OCC1c2ccccc2-c2ccccc21. The lowest BCUT2D eigenvalue weighted by Gasteiger charge is -2.27. The van der Waals surface area contributed by atoms with Crippen LogP contribution < -0.4 is 5.32 Å². The second-order valence-electron chi connectivity index (χ2n) is 8.54. The second kappa shape index (κ2) is 9.85. The van der Waals surface area contributed by atoms with Crippen LogP contribution in [0, 0.1) is 5.92 Å². The average Bonchev–Trinajstić information content (AvgIpc) is 3.09. The maximum atomic E-state index is 12.6. The van der Waals surface area contributed by atoms with Crippen LogP contribution in [0.4, 0.5) is 4.79 Å². The summed E-state index contributed by atoms with van der Waals surface area (Å²) in [6, 6.07) is 14.8. The summed E-state index contributed by atoms with van der Waals surface area (Å²) in [6.07, 6.45) is -0.594. The lowest BCUT2D eigenvalue weighted by atomic mass is 9.98. The Hall–Kier alpha value is -3.35. The minimum atomic E-state index is -1.08. The number of carbonyl (C=O) groups excluding carboxylic acids is 2. The van der Waals surface area contributed by atoms with Gasteiger partial charge in [0.05, 0.1) is 0 Å². The molecule has 0 fully saturated rings. The number of fused-ring (bicyclic) bond motifs is 3. The summed E-state index contributed by atoms with van der Waals surface area (Å²) in [5.41, 5.74) is 4.56. The first-order chi connectivity index (χ1) is 15.2. The Balaban J connectivity index is 1.63. The van der Waals surface area contributed by atoms with Gasteiger partial charge >= 0.3 is 12.1 Å². The van der Waals surface area contributed by atoms with E-state index >= 15 is 0 Å². The number of alkyl carbamates (subject to hydrolysis) is 1. The molecule has 0 saturated heterocycles. The van der Waals surface area contributed by atoms with Gasteiger partial charge in [-0.1, -0.05) is 62.4 Å². The third kappa shape index (κ3) is 4.93. The van der Waals surface area contributed by atoms with Crippen molar-refractivity contribution in [3.63, 3.8) is 0 Å². The van der Waals surface area contributed by atoms with E-state index in [1.165, 1.54) is 18.9 Å². The number of carbonyl (C=O) groups is 3. The number of nitrogens with one attached hydrogen (secondary N) is 1. The van der Waals surface area contributed by atoms with Gasteiger partial charge in [0.25, 0.3) is 0 Å². The zero-order valence-electron chi connectivity index (χ0n) is 18.9. The maximum Gasteiger partial charge on any atom is 0.407 e. The van der Waals surface area contributed by atoms with E-state index in [9.17, 15) is 14.4 Å². The van der Waals surface area contributed by atoms with Crippen LogP contribution in [-0.2, 0) is 14.3 Å². The molecule has 1 aliphatic carbocycles. The molecule has 0 bridgehead atoms. The molecule has 1 aliphatic rings. The highest BCUT2D eigenvalue weighted by Crippen LogP contribution is 2.44. The van der Waals surface area contributed by atoms with Gasteiger partial charge in [-0.2, -0.15) is 0 Å². The number of rotatable bonds is 8. The van der Waals surface area contributed by atoms with Crippen molar-refractivity contribution in [2.45, 2.75) is 45.2 Å². The Morgan fingerprint density at radius 2 is 1.53 bits per heavy atom. The van der Waals surface area contributed by atoms with Gasteiger partial charge in [0, 0.05) is 25.4 Å². The number of carboxylic acid groups (broad SMARTS) is 1. The van der Waals surface area contributed by atoms with E-state index in [1.54, 1.807) is 0 Å². The Kier molecular flexibility index (Phi) is 7.18. The third-order valence-electron chi connectivity index (χ3n) is 6.18. The smallest absolute Gasteiger partial charge is 0.407 e. The molecule has 170 valence electrons. The van der Waals surface area contributed by atoms with E-state index in [-0.39, 0.29) is 30.8 Å². The Bertz CT molecular complexity index is 958. The first kappa shape index (κ1) is 23.3. The van der Waals surface area contributed by atoms with Gasteiger partial charge in [-0.25, -0.2) is 9.59 Å². The number of nitrogens with zero attached hydrogens (tertiary/aromatic N) is 1. The number of hydrogen-bond acceptors (Lipinski definition) is 4. The Morgan fingerprint density at radius 1 is 1.00 bits per heavy atom. The minimum absolute atomic E-state index is 0.00399. The van der Waals surface area contributed by atoms with Gasteiger partial charge in [0.15, 0.2) is 0 Å². The monoisotopic (exact) mass is 438 g/mol. The molecule has 3 rings (SSSR count). The van der Waals surface area contributed by atoms with Crippen LogP contribution in [0.2, 0.25) is 0 Å². The minimum Gasteiger partial charge on any atom is -0.480 e. The van der Waals surface area contributed by atoms with E-state index in [0.717, 1.165) is 22.3 Å². The van der Waals surface area contributed by atoms with Gasteiger partial charge in [0.1, 0.15) is 12.6 Å². The normalized spacial score (nSPS) is 14.3. The molecule has 0 radical (unpaired) electrons. The van der Waals surface area contributed by atoms with Gasteiger partial charge in [-0.3, -0.25) is 4.79 Å². The summed E-state index contributed by atoms with van der Waals surface area (Å²) < 4.78 is 5.58. The van der Waals surface area contributed by atoms with Crippen LogP contribution in [0.15, 0.2) is 48.5 Å². The first-order valence-corrected chi connectivity index (χ1v) is 10.8. The molecule has 2 amide bonds. The molecule has 32 heavy (non-hydrogen) atoms. The topological polar surface area (TPSA) is 95.9 Å². The molecule has 0 aliphatic heterocycles. The number of amides is 2. The molecule has 7 nitrogen and oxygen atoms in total. The lowest BCUT2D eigenvalue weighted by molar-refractivity contribution is -0.148. The van der Waals surface area contributed by atoms with Crippen molar-refractivity contribution in [2.75, 3.05) is 13.7 Å². The summed E-state index contributed by atoms with van der Waals surface area (Å²) in [7, 11) is 1.45. The van der Waals surface area contributed by atoms with Crippen molar-refractivity contribution >= 4 is 18.0 Å². The molecular formula is C25H30N2O5. The summed E-state index contributed by atoms with van der Waals surface area (Å²) in [5.74, 6) is -1.51. The molecule has 0 spiro atoms. The van der Waals surface area contributed by atoms with Crippen LogP contribution in [0.1, 0.15) is 44.2 Å². The van der Waals surface area contributed by atoms with E-state index in [4.69, 9.17) is 9.84 Å². The number of ether oxygens (including phenoxy) is 1. The van der Waals surface area contributed by atoms with Gasteiger partial charge in [-0.05, 0) is 35.1 Å². The fraction of sp³-hybridized carbons (Fsp3) is 0.400. The molecule has 7 heteroatoms. The van der Waals surface area contributed by atoms with Crippen LogP contribution in [0.5, 0.6) is 0 Å². The molecule has 2 aromatic carbocycles. The standard InChI is InChI=1S/C25H30N2O5/c1-15(2)22(13-23(28)27(4)16(3)24(29)30)26-25(31)32-14-21-19-11-7-5-9-17(19)18-10-6-8-12-20(18)21/h5-12,15-16,21-22H,13-14H2,1-4H3,(H,26,31)(H,29,30)/t16-,22?/m0/s1. The van der Waals surface area contributed by atoms with Gasteiger partial charge in [-0.15, -0.1) is 0 Å². The summed E-state index contributed by atoms with van der Waals surface area (Å²) in [5, 5.41) is 11.9. The van der Waals surface area contributed by atoms with Gasteiger partial charge in [0.2, 0.25) is 5.91 Å². The number of carboxylic acids is 1. The van der Waals surface area contributed by atoms with E-state index in [2.05, 4.69) is 29.6 Å². The summed E-state index contributed by atoms with van der Waals surface area (Å²) in [6.45, 7) is 5.42. The highest BCUT2D eigenvalue weighted by atomic mass is 16.5. The fourth-order valence-electron chi connectivity index (χ4n) is 3.96. The lowest BCUT2D eigenvalue weighted by Crippen LogP contribution is -2.46. The largest absolute Gasteiger partial charge is 0.480 e. The van der Waals surface area contributed by atoms with Crippen molar-refractivity contribution < 1.29 is 24.2 Å². The second-order valence-corrected chi connectivity index (χ2v) is 8.54. The van der Waals surface area contributed by atoms with Crippen molar-refractivity contribution in [3.8, 4) is 11.1 Å². The first-order valence-electron chi connectivity index (χ1n) is 10.8. The predicted molar refractivity (Wildman–Crippen MR) is 121 cm³/mol. The number of benzene rings is 2. The summed E-state index contributed by atoms with van der Waals surface area (Å²) in [4.78, 5) is 37.4. The van der Waals surface area contributed by atoms with E-state index in [1.807, 2.05) is 38.1 Å². The van der Waals surface area contributed by atoms with Crippen LogP contribution in [0.25, 0.3) is 11.1 Å². The highest BCUT2D eigenvalue weighted by Gasteiger charge is 2.30. The van der Waals surface area contributed by atoms with Crippen molar-refractivity contribution in [3.05, 3.63) is 59.7 Å². The zero-order chi connectivity index (χ0) is 23.4. The average molecular weight is 439 g/mol. The van der Waals surface area contributed by atoms with E-state index in [0.29, 0.717) is 0 Å². The molecule has 2 N–H and O–H groups in total. The molecular weight excluding hydrogens is 408 g/mol. The number of aliphatic carboxylic acids is 1. The molecule has 0 heterocycles. The molecule has 0 saturated carbocycles. The number of likely N-dealkylation sites (N-methyl/N-ethyl adjacent to an activating group) is 1. The fourth-order valence-corrected chi connectivity index (χ4v) is 3.96. The van der Waals surface area contributed by atoms with Crippen LogP contribution in [0.3, 0.4) is 0 Å². The summed E-state index contributed by atoms with van der Waals surface area (Å²) >= 11 is 0. The van der Waals surface area contributed by atoms with Crippen molar-refractivity contribution in [1.29, 1.82) is 0 Å². The zero-order valence-corrected chi connectivity index (χ0v) is 18.9. The predicted octanol–water partition coefficient (Wildman–Crippen LogP) is 3.87. The molecule has 2 atom stereocenters. The van der Waals surface area contributed by atoms with Crippen LogP contribution in [-0.4, -0.2) is 53.7 Å². The molecule has 2 aromatic rings. The Morgan fingerprint density at radius 3 is 2.03 bits per heavy atom. The number of hydrogen-bond donors (Lipinski definition) is 2. The highest BCUT2D eigenvalue weighted by molar-refractivity contribution is 5.84. The Labute approximate surface area is 188 Å².